The van der Waals surface area contributed by atoms with Crippen molar-refractivity contribution in [2.24, 2.45) is 0 Å². The van der Waals surface area contributed by atoms with Crippen LogP contribution in [0.5, 0.6) is 0 Å². The second-order valence-corrected chi connectivity index (χ2v) is 5.61. The summed E-state index contributed by atoms with van der Waals surface area (Å²) in [4.78, 5) is 17.2. The third-order valence-corrected chi connectivity index (χ3v) is 3.97. The third-order valence-electron chi connectivity index (χ3n) is 3.48. The maximum Gasteiger partial charge on any atom is 0.326 e. The summed E-state index contributed by atoms with van der Waals surface area (Å²) in [5.74, 6) is 0. The third kappa shape index (κ3) is 2.75. The van der Waals surface area contributed by atoms with Crippen LogP contribution >= 0.6 is 15.9 Å². The van der Waals surface area contributed by atoms with Gasteiger partial charge < -0.3 is 9.72 Å². The predicted octanol–water partition coefficient (Wildman–Crippen LogP) is 1.42. The van der Waals surface area contributed by atoms with Crippen molar-refractivity contribution >= 4 is 27.0 Å². The van der Waals surface area contributed by atoms with Crippen LogP contribution in [0.1, 0.15) is 0 Å². The number of nitrogens with one attached hydrogen (secondary N) is 1. The van der Waals surface area contributed by atoms with Crippen LogP contribution < -0.4 is 5.69 Å². The summed E-state index contributed by atoms with van der Waals surface area (Å²) in [5.41, 5.74) is 1.80. The van der Waals surface area contributed by atoms with Gasteiger partial charge in [0.2, 0.25) is 0 Å². The first-order valence-electron chi connectivity index (χ1n) is 6.42. The van der Waals surface area contributed by atoms with Gasteiger partial charge in [-0.05, 0) is 18.2 Å². The zero-order valence-electron chi connectivity index (χ0n) is 10.6. The first kappa shape index (κ1) is 12.9. The lowest BCUT2D eigenvalue weighted by molar-refractivity contribution is 0.0364. The zero-order chi connectivity index (χ0) is 13.2. The molecule has 1 aromatic heterocycles. The van der Waals surface area contributed by atoms with E-state index in [2.05, 4.69) is 25.8 Å². The van der Waals surface area contributed by atoms with Crippen molar-refractivity contribution in [1.82, 2.24) is 14.5 Å². The van der Waals surface area contributed by atoms with Gasteiger partial charge in [-0.3, -0.25) is 9.47 Å². The van der Waals surface area contributed by atoms with Crippen LogP contribution in [0, 0.1) is 0 Å². The lowest BCUT2D eigenvalue weighted by Gasteiger charge is -2.26. The van der Waals surface area contributed by atoms with Gasteiger partial charge in [0.05, 0.1) is 24.2 Å². The van der Waals surface area contributed by atoms with Gasteiger partial charge in [0.15, 0.2) is 0 Å². The van der Waals surface area contributed by atoms with Gasteiger partial charge in [-0.2, -0.15) is 0 Å². The molecule has 0 amide bonds. The number of halogens is 1. The molecule has 6 heteroatoms. The highest BCUT2D eigenvalue weighted by Gasteiger charge is 2.12. The van der Waals surface area contributed by atoms with Crippen LogP contribution in [0.4, 0.5) is 0 Å². The molecule has 0 bridgehead atoms. The van der Waals surface area contributed by atoms with Crippen LogP contribution in [-0.2, 0) is 11.3 Å². The highest BCUT2D eigenvalue weighted by atomic mass is 79.9. The van der Waals surface area contributed by atoms with E-state index < -0.39 is 0 Å². The van der Waals surface area contributed by atoms with Crippen molar-refractivity contribution in [3.05, 3.63) is 33.2 Å². The van der Waals surface area contributed by atoms with Gasteiger partial charge in [0.25, 0.3) is 0 Å². The maximum absolute atomic E-state index is 12.0. The molecule has 2 heterocycles. The minimum absolute atomic E-state index is 0.0404. The molecular formula is C13H16BrN3O2. The van der Waals surface area contributed by atoms with E-state index >= 15 is 0 Å². The van der Waals surface area contributed by atoms with E-state index in [4.69, 9.17) is 4.74 Å². The van der Waals surface area contributed by atoms with E-state index in [-0.39, 0.29) is 5.69 Å². The molecule has 2 aromatic rings. The second kappa shape index (κ2) is 5.48. The number of benzene rings is 1. The molecule has 0 spiro atoms. The first-order valence-corrected chi connectivity index (χ1v) is 7.21. The number of aromatic nitrogens is 2. The molecular weight excluding hydrogens is 310 g/mol. The largest absolute Gasteiger partial charge is 0.379 e. The number of nitrogens with zero attached hydrogens (tertiary/aromatic N) is 2. The van der Waals surface area contributed by atoms with Crippen LogP contribution in [0.15, 0.2) is 27.5 Å². The Hall–Kier alpha value is -1.11. The van der Waals surface area contributed by atoms with Gasteiger partial charge in [0, 0.05) is 30.7 Å². The average molecular weight is 326 g/mol. The molecule has 19 heavy (non-hydrogen) atoms. The molecule has 0 unspecified atom stereocenters. The quantitative estimate of drug-likeness (QED) is 0.928. The molecule has 1 N–H and O–H groups in total. The molecule has 3 rings (SSSR count). The molecule has 1 aliphatic heterocycles. The van der Waals surface area contributed by atoms with Crippen molar-refractivity contribution < 1.29 is 4.74 Å². The monoisotopic (exact) mass is 325 g/mol. The Morgan fingerprint density at radius 3 is 2.84 bits per heavy atom. The van der Waals surface area contributed by atoms with Crippen molar-refractivity contribution in [2.75, 3.05) is 32.8 Å². The number of aromatic amines is 1. The molecule has 1 aromatic carbocycles. The number of morpholine rings is 1. The summed E-state index contributed by atoms with van der Waals surface area (Å²) in [5, 5.41) is 0. The second-order valence-electron chi connectivity index (χ2n) is 4.70. The number of imidazole rings is 1. The molecule has 0 atom stereocenters. The van der Waals surface area contributed by atoms with Crippen LogP contribution in [-0.4, -0.2) is 47.3 Å². The normalized spacial score (nSPS) is 17.1. The van der Waals surface area contributed by atoms with E-state index in [0.717, 1.165) is 48.4 Å². The van der Waals surface area contributed by atoms with E-state index in [1.54, 1.807) is 4.57 Å². The summed E-state index contributed by atoms with van der Waals surface area (Å²) in [7, 11) is 0. The van der Waals surface area contributed by atoms with Gasteiger partial charge in [-0.15, -0.1) is 0 Å². The Labute approximate surface area is 119 Å². The van der Waals surface area contributed by atoms with Gasteiger partial charge >= 0.3 is 5.69 Å². The van der Waals surface area contributed by atoms with Gasteiger partial charge in [-0.1, -0.05) is 15.9 Å². The minimum Gasteiger partial charge on any atom is -0.379 e. The molecule has 5 nitrogen and oxygen atoms in total. The van der Waals surface area contributed by atoms with Gasteiger partial charge in [-0.25, -0.2) is 4.79 Å². The fraction of sp³-hybridized carbons (Fsp3) is 0.462. The van der Waals surface area contributed by atoms with Gasteiger partial charge in [0.1, 0.15) is 0 Å². The molecule has 0 saturated carbocycles. The Morgan fingerprint density at radius 1 is 1.26 bits per heavy atom. The lowest BCUT2D eigenvalue weighted by atomic mass is 10.3. The molecule has 102 valence electrons. The number of hydrogen-bond donors (Lipinski definition) is 1. The van der Waals surface area contributed by atoms with E-state index in [0.29, 0.717) is 6.54 Å². The highest BCUT2D eigenvalue weighted by Crippen LogP contribution is 2.17. The number of H-pyrrole nitrogens is 1. The standard InChI is InChI=1S/C13H16BrN3O2/c14-10-1-2-12-11(9-10)15-13(18)17(12)4-3-16-5-7-19-8-6-16/h1-2,9H,3-8H2,(H,15,18). The van der Waals surface area contributed by atoms with Crippen LogP contribution in [0.2, 0.25) is 0 Å². The molecule has 1 fully saturated rings. The molecule has 1 aliphatic rings. The van der Waals surface area contributed by atoms with E-state index in [1.165, 1.54) is 0 Å². The van der Waals surface area contributed by atoms with Crippen molar-refractivity contribution in [3.63, 3.8) is 0 Å². The summed E-state index contributed by atoms with van der Waals surface area (Å²) in [6.45, 7) is 5.06. The van der Waals surface area contributed by atoms with Crippen molar-refractivity contribution in [3.8, 4) is 0 Å². The van der Waals surface area contributed by atoms with Crippen LogP contribution in [0.25, 0.3) is 11.0 Å². The fourth-order valence-electron chi connectivity index (χ4n) is 2.42. The summed E-state index contributed by atoms with van der Waals surface area (Å²) in [6.07, 6.45) is 0. The van der Waals surface area contributed by atoms with E-state index in [9.17, 15) is 4.79 Å². The summed E-state index contributed by atoms with van der Waals surface area (Å²) >= 11 is 3.41. The molecule has 0 aliphatic carbocycles. The Balaban J connectivity index is 1.80. The first-order chi connectivity index (χ1) is 9.24. The zero-order valence-corrected chi connectivity index (χ0v) is 12.1. The highest BCUT2D eigenvalue weighted by molar-refractivity contribution is 9.10. The lowest BCUT2D eigenvalue weighted by Crippen LogP contribution is -2.39. The maximum atomic E-state index is 12.0. The summed E-state index contributed by atoms with van der Waals surface area (Å²) in [6, 6.07) is 5.86. The van der Waals surface area contributed by atoms with Crippen molar-refractivity contribution in [1.29, 1.82) is 0 Å². The van der Waals surface area contributed by atoms with Crippen LogP contribution in [0.3, 0.4) is 0 Å². The SMILES string of the molecule is O=c1[nH]c2cc(Br)ccc2n1CCN1CCOCC1. The average Bonchev–Trinajstić information content (AvgIpc) is 2.72. The Kier molecular flexibility index (Phi) is 3.72. The summed E-state index contributed by atoms with van der Waals surface area (Å²) < 4.78 is 8.10. The minimum atomic E-state index is -0.0404. The van der Waals surface area contributed by atoms with Crippen molar-refractivity contribution in [2.45, 2.75) is 6.54 Å². The van der Waals surface area contributed by atoms with E-state index in [1.807, 2.05) is 18.2 Å². The smallest absolute Gasteiger partial charge is 0.326 e. The fourth-order valence-corrected chi connectivity index (χ4v) is 2.79. The Morgan fingerprint density at radius 2 is 2.05 bits per heavy atom. The topological polar surface area (TPSA) is 50.3 Å². The number of hydrogen-bond acceptors (Lipinski definition) is 3. The Bertz CT molecular complexity index is 628. The predicted molar refractivity (Wildman–Crippen MR) is 77.5 cm³/mol. The molecule has 0 radical (unpaired) electrons. The number of ether oxygens (including phenoxy) is 1. The number of rotatable bonds is 3. The number of fused-ring (bicyclic) bond motifs is 1. The molecule has 1 saturated heterocycles.